The molecule has 0 aliphatic carbocycles. The highest BCUT2D eigenvalue weighted by molar-refractivity contribution is 6.33. The molecule has 2 N–H and O–H groups in total. The molecule has 36 heavy (non-hydrogen) atoms. The number of benzene rings is 2. The van der Waals surface area contributed by atoms with Gasteiger partial charge in [-0.1, -0.05) is 48.0 Å². The zero-order valence-corrected chi connectivity index (χ0v) is 19.3. The van der Waals surface area contributed by atoms with Crippen LogP contribution in [0.1, 0.15) is 26.9 Å². The van der Waals surface area contributed by atoms with Crippen molar-refractivity contribution in [3.63, 3.8) is 0 Å². The summed E-state index contributed by atoms with van der Waals surface area (Å²) in [4.78, 5) is 37.2. The maximum atomic E-state index is 15.8. The van der Waals surface area contributed by atoms with Crippen molar-refractivity contribution in [3.8, 4) is 0 Å². The van der Waals surface area contributed by atoms with Crippen molar-refractivity contribution in [2.24, 2.45) is 0 Å². The zero-order valence-electron chi connectivity index (χ0n) is 18.5. The SMILES string of the molecule is Nc1nc(Cl)c2ncn(C3OC(COC(=O)c4ccccc4)C(OC(=O)c4ccccc4)C3F)c2n1. The number of aromatic nitrogens is 4. The molecule has 1 aliphatic heterocycles. The molecule has 0 amide bonds. The van der Waals surface area contributed by atoms with Gasteiger partial charge in [0, 0.05) is 0 Å². The summed E-state index contributed by atoms with van der Waals surface area (Å²) in [5.74, 6) is -1.52. The number of hydrogen-bond donors (Lipinski definition) is 1. The Bertz CT molecular complexity index is 1400. The molecule has 0 radical (unpaired) electrons. The summed E-state index contributed by atoms with van der Waals surface area (Å²) in [5.41, 5.74) is 6.57. The van der Waals surface area contributed by atoms with E-state index in [2.05, 4.69) is 15.0 Å². The highest BCUT2D eigenvalue weighted by atomic mass is 35.5. The van der Waals surface area contributed by atoms with E-state index in [1.54, 1.807) is 60.7 Å². The minimum absolute atomic E-state index is 0.00921. The van der Waals surface area contributed by atoms with E-state index in [0.29, 0.717) is 5.56 Å². The topological polar surface area (TPSA) is 131 Å². The van der Waals surface area contributed by atoms with Gasteiger partial charge in [0.1, 0.15) is 18.2 Å². The summed E-state index contributed by atoms with van der Waals surface area (Å²) in [5, 5.41) is -0.00921. The molecule has 0 spiro atoms. The van der Waals surface area contributed by atoms with Crippen LogP contribution in [0.15, 0.2) is 67.0 Å². The minimum Gasteiger partial charge on any atom is -0.459 e. The molecule has 1 saturated heterocycles. The Morgan fingerprint density at radius 3 is 2.33 bits per heavy atom. The quantitative estimate of drug-likeness (QED) is 0.305. The van der Waals surface area contributed by atoms with Crippen molar-refractivity contribution in [3.05, 3.63) is 83.3 Å². The van der Waals surface area contributed by atoms with Crippen LogP contribution >= 0.6 is 11.6 Å². The Morgan fingerprint density at radius 2 is 1.67 bits per heavy atom. The van der Waals surface area contributed by atoms with E-state index in [4.69, 9.17) is 31.5 Å². The third-order valence-electron chi connectivity index (χ3n) is 5.58. The number of alkyl halides is 1. The molecule has 2 aromatic heterocycles. The zero-order chi connectivity index (χ0) is 25.2. The van der Waals surface area contributed by atoms with Crippen molar-refractivity contribution >= 4 is 40.7 Å². The van der Waals surface area contributed by atoms with Gasteiger partial charge < -0.3 is 19.9 Å². The number of anilines is 1. The predicted molar refractivity (Wildman–Crippen MR) is 126 cm³/mol. The highest BCUT2D eigenvalue weighted by Crippen LogP contribution is 2.36. The minimum atomic E-state index is -1.87. The number of nitrogens with zero attached hydrogens (tertiary/aromatic N) is 4. The molecule has 4 atom stereocenters. The monoisotopic (exact) mass is 511 g/mol. The number of carbonyl (C=O) groups excluding carboxylic acids is 2. The summed E-state index contributed by atoms with van der Waals surface area (Å²) in [6, 6.07) is 16.4. The molecule has 1 aliphatic rings. The van der Waals surface area contributed by atoms with E-state index in [0.717, 1.165) is 0 Å². The van der Waals surface area contributed by atoms with Crippen LogP contribution in [0.2, 0.25) is 5.15 Å². The van der Waals surface area contributed by atoms with Gasteiger partial charge in [-0.15, -0.1) is 0 Å². The van der Waals surface area contributed by atoms with Crippen molar-refractivity contribution < 1.29 is 28.2 Å². The van der Waals surface area contributed by atoms with Gasteiger partial charge in [-0.25, -0.2) is 19.0 Å². The smallest absolute Gasteiger partial charge is 0.338 e. The molecule has 5 rings (SSSR count). The normalized spacial score (nSPS) is 21.4. The van der Waals surface area contributed by atoms with Gasteiger partial charge in [-0.3, -0.25) is 4.57 Å². The fraction of sp³-hybridized carbons (Fsp3) is 0.208. The van der Waals surface area contributed by atoms with E-state index in [1.807, 2.05) is 0 Å². The first-order chi connectivity index (χ1) is 17.4. The van der Waals surface area contributed by atoms with Gasteiger partial charge in [0.05, 0.1) is 17.5 Å². The van der Waals surface area contributed by atoms with Gasteiger partial charge in [-0.2, -0.15) is 9.97 Å². The Hall–Kier alpha value is -4.09. The standard InChI is InChI=1S/C24H19ClFN5O5/c25-19-17-20(30-24(27)29-19)31(12-28-17)21-16(26)18(36-23(33)14-9-5-2-6-10-14)15(35-21)11-34-22(32)13-7-3-1-4-8-13/h1-10,12,15-16,18,21H,11H2,(H2,27,29,30). The number of rotatable bonds is 6. The van der Waals surface area contributed by atoms with Gasteiger partial charge in [0.15, 0.2) is 29.3 Å². The molecule has 3 heterocycles. The lowest BCUT2D eigenvalue weighted by Crippen LogP contribution is -2.37. The Morgan fingerprint density at radius 1 is 1.03 bits per heavy atom. The molecular weight excluding hydrogens is 493 g/mol. The second-order valence-corrected chi connectivity index (χ2v) is 8.26. The lowest BCUT2D eigenvalue weighted by molar-refractivity contribution is -0.0570. The first-order valence-electron chi connectivity index (χ1n) is 10.9. The Labute approximate surface area is 208 Å². The number of halogens is 2. The molecule has 10 nitrogen and oxygen atoms in total. The number of carbonyl (C=O) groups is 2. The number of ether oxygens (including phenoxy) is 3. The Balaban J connectivity index is 1.42. The van der Waals surface area contributed by atoms with E-state index in [1.165, 1.54) is 10.9 Å². The van der Waals surface area contributed by atoms with Crippen molar-refractivity contribution in [1.29, 1.82) is 0 Å². The molecule has 4 unspecified atom stereocenters. The van der Waals surface area contributed by atoms with E-state index in [-0.39, 0.29) is 34.4 Å². The van der Waals surface area contributed by atoms with Crippen LogP contribution in [0.4, 0.5) is 10.3 Å². The lowest BCUT2D eigenvalue weighted by Gasteiger charge is -2.19. The maximum Gasteiger partial charge on any atom is 0.338 e. The van der Waals surface area contributed by atoms with Crippen LogP contribution in [0, 0.1) is 0 Å². The average Bonchev–Trinajstić information content (AvgIpc) is 3.44. The number of fused-ring (bicyclic) bond motifs is 1. The van der Waals surface area contributed by atoms with Crippen LogP contribution in [-0.4, -0.2) is 56.4 Å². The van der Waals surface area contributed by atoms with Gasteiger partial charge >= 0.3 is 11.9 Å². The first-order valence-corrected chi connectivity index (χ1v) is 11.2. The van der Waals surface area contributed by atoms with Gasteiger partial charge in [0.2, 0.25) is 5.95 Å². The number of hydrogen-bond acceptors (Lipinski definition) is 9. The van der Waals surface area contributed by atoms with Crippen LogP contribution in [0.5, 0.6) is 0 Å². The summed E-state index contributed by atoms with van der Waals surface area (Å²) in [6.07, 6.45) is -4.45. The molecular formula is C24H19ClFN5O5. The molecule has 4 aromatic rings. The van der Waals surface area contributed by atoms with Crippen LogP contribution in [-0.2, 0) is 14.2 Å². The summed E-state index contributed by atoms with van der Waals surface area (Å²) < 4.78 is 33.9. The number of esters is 2. The number of imidazole rings is 1. The average molecular weight is 512 g/mol. The summed E-state index contributed by atoms with van der Waals surface area (Å²) in [6.45, 7) is -0.373. The molecule has 184 valence electrons. The summed E-state index contributed by atoms with van der Waals surface area (Å²) in [7, 11) is 0. The largest absolute Gasteiger partial charge is 0.459 e. The van der Waals surface area contributed by atoms with Crippen molar-refractivity contribution in [1.82, 2.24) is 19.5 Å². The second-order valence-electron chi connectivity index (χ2n) is 7.91. The van der Waals surface area contributed by atoms with E-state index < -0.39 is 36.5 Å². The lowest BCUT2D eigenvalue weighted by atomic mass is 10.1. The maximum absolute atomic E-state index is 15.8. The Kier molecular flexibility index (Phi) is 6.49. The van der Waals surface area contributed by atoms with E-state index in [9.17, 15) is 9.59 Å². The van der Waals surface area contributed by atoms with Crippen LogP contribution in [0.25, 0.3) is 11.2 Å². The molecule has 2 aromatic carbocycles. The van der Waals surface area contributed by atoms with Crippen molar-refractivity contribution in [2.45, 2.75) is 24.6 Å². The molecule has 1 fully saturated rings. The van der Waals surface area contributed by atoms with Gasteiger partial charge in [-0.05, 0) is 24.3 Å². The fourth-order valence-corrected chi connectivity index (χ4v) is 4.08. The molecule has 0 bridgehead atoms. The fourth-order valence-electron chi connectivity index (χ4n) is 3.86. The van der Waals surface area contributed by atoms with E-state index >= 15 is 4.39 Å². The van der Waals surface area contributed by atoms with Gasteiger partial charge in [0.25, 0.3) is 0 Å². The number of nitrogens with two attached hydrogens (primary N) is 1. The third-order valence-corrected chi connectivity index (χ3v) is 5.84. The first kappa shape index (κ1) is 23.6. The molecule has 0 saturated carbocycles. The highest BCUT2D eigenvalue weighted by Gasteiger charge is 2.50. The second kappa shape index (κ2) is 9.88. The predicted octanol–water partition coefficient (Wildman–Crippen LogP) is 3.38. The number of nitrogen functional groups attached to an aromatic ring is 1. The van der Waals surface area contributed by atoms with Crippen molar-refractivity contribution in [2.75, 3.05) is 12.3 Å². The van der Waals surface area contributed by atoms with Crippen LogP contribution < -0.4 is 5.73 Å². The van der Waals surface area contributed by atoms with Crippen LogP contribution in [0.3, 0.4) is 0 Å². The molecule has 12 heteroatoms. The summed E-state index contributed by atoms with van der Waals surface area (Å²) >= 11 is 6.09. The third kappa shape index (κ3) is 4.58.